The average Bonchev–Trinajstić information content (AvgIpc) is 3.32. The van der Waals surface area contributed by atoms with Gasteiger partial charge in [0.1, 0.15) is 0 Å². The number of hydrogen-bond donors (Lipinski definition) is 1. The van der Waals surface area contributed by atoms with E-state index >= 15 is 0 Å². The Kier molecular flexibility index (Phi) is 5.32. The summed E-state index contributed by atoms with van der Waals surface area (Å²) >= 11 is 0. The van der Waals surface area contributed by atoms with Gasteiger partial charge in [-0.05, 0) is 49.4 Å². The Bertz CT molecular complexity index is 1490. The van der Waals surface area contributed by atoms with E-state index in [1.807, 2.05) is 32.0 Å². The summed E-state index contributed by atoms with van der Waals surface area (Å²) in [7, 11) is -3.89. The predicted molar refractivity (Wildman–Crippen MR) is 122 cm³/mol. The summed E-state index contributed by atoms with van der Waals surface area (Å²) in [6.07, 6.45) is 3.90. The number of para-hydroxylation sites is 1. The van der Waals surface area contributed by atoms with Crippen LogP contribution in [0.2, 0.25) is 0 Å². The van der Waals surface area contributed by atoms with Crippen molar-refractivity contribution in [2.45, 2.75) is 56.9 Å². The molecule has 0 saturated heterocycles. The first-order chi connectivity index (χ1) is 15.9. The topological polar surface area (TPSA) is 120 Å². The Labute approximate surface area is 190 Å². The van der Waals surface area contributed by atoms with Gasteiger partial charge in [0, 0.05) is 12.0 Å². The Morgan fingerprint density at radius 2 is 2.03 bits per heavy atom. The summed E-state index contributed by atoms with van der Waals surface area (Å²) < 4.78 is 40.9. The molecule has 0 unspecified atom stereocenters. The normalized spacial score (nSPS) is 14.5. The van der Waals surface area contributed by atoms with E-state index in [9.17, 15) is 13.2 Å². The van der Waals surface area contributed by atoms with E-state index in [2.05, 4.69) is 14.9 Å². The van der Waals surface area contributed by atoms with Gasteiger partial charge >= 0.3 is 5.76 Å². The van der Waals surface area contributed by atoms with Crippen molar-refractivity contribution in [2.75, 3.05) is 4.72 Å². The van der Waals surface area contributed by atoms with Crippen molar-refractivity contribution >= 4 is 26.8 Å². The van der Waals surface area contributed by atoms with Crippen molar-refractivity contribution in [2.24, 2.45) is 0 Å². The van der Waals surface area contributed by atoms with Crippen molar-refractivity contribution < 1.29 is 17.4 Å². The zero-order valence-corrected chi connectivity index (χ0v) is 19.2. The van der Waals surface area contributed by atoms with Gasteiger partial charge in [-0.25, -0.2) is 13.2 Å². The number of aromatic nitrogens is 3. The van der Waals surface area contributed by atoms with Crippen LogP contribution in [-0.4, -0.2) is 23.1 Å². The molecule has 10 heteroatoms. The highest BCUT2D eigenvalue weighted by Gasteiger charge is 2.26. The average molecular weight is 469 g/mol. The number of hydrogen-bond acceptors (Lipinski definition) is 7. The molecule has 0 bridgehead atoms. The van der Waals surface area contributed by atoms with Crippen molar-refractivity contribution in [3.05, 3.63) is 69.8 Å². The second-order valence-electron chi connectivity index (χ2n) is 8.33. The van der Waals surface area contributed by atoms with Crippen LogP contribution in [-0.2, 0) is 23.0 Å². The molecule has 5 rings (SSSR count). The molecule has 0 radical (unpaired) electrons. The van der Waals surface area contributed by atoms with E-state index in [1.54, 1.807) is 6.07 Å². The minimum absolute atomic E-state index is 0.00744. The summed E-state index contributed by atoms with van der Waals surface area (Å²) in [4.78, 5) is 16.9. The lowest BCUT2D eigenvalue weighted by Crippen LogP contribution is -2.16. The fourth-order valence-electron chi connectivity index (χ4n) is 4.02. The highest BCUT2D eigenvalue weighted by atomic mass is 32.2. The number of rotatable bonds is 7. The summed E-state index contributed by atoms with van der Waals surface area (Å²) in [5, 5.41) is 3.98. The quantitative estimate of drug-likeness (QED) is 0.436. The third-order valence-electron chi connectivity index (χ3n) is 6.16. The molecule has 0 amide bonds. The number of nitrogens with zero attached hydrogens (tertiary/aromatic N) is 3. The van der Waals surface area contributed by atoms with Gasteiger partial charge in [-0.1, -0.05) is 36.7 Å². The summed E-state index contributed by atoms with van der Waals surface area (Å²) in [5.41, 5.74) is 2.93. The van der Waals surface area contributed by atoms with E-state index in [-0.39, 0.29) is 17.0 Å². The molecule has 1 saturated carbocycles. The first-order valence-corrected chi connectivity index (χ1v) is 12.4. The second-order valence-corrected chi connectivity index (χ2v) is 10.0. The lowest BCUT2D eigenvalue weighted by molar-refractivity contribution is 0.291. The minimum atomic E-state index is -3.89. The van der Waals surface area contributed by atoms with Gasteiger partial charge in [0.15, 0.2) is 11.4 Å². The lowest BCUT2D eigenvalue weighted by Gasteiger charge is -2.20. The maximum atomic E-state index is 13.1. The largest absolute Gasteiger partial charge is 0.420 e. The zero-order chi connectivity index (χ0) is 23.2. The first kappa shape index (κ1) is 21.4. The zero-order valence-electron chi connectivity index (χ0n) is 18.4. The first-order valence-electron chi connectivity index (χ1n) is 10.9. The summed E-state index contributed by atoms with van der Waals surface area (Å²) in [6.45, 7) is 3.90. The van der Waals surface area contributed by atoms with Crippen LogP contribution in [0.1, 0.15) is 54.9 Å². The Morgan fingerprint density at radius 3 is 2.76 bits per heavy atom. The summed E-state index contributed by atoms with van der Waals surface area (Å²) in [6, 6.07) is 10.0. The third kappa shape index (κ3) is 3.95. The van der Waals surface area contributed by atoms with Gasteiger partial charge in [0.25, 0.3) is 10.0 Å². The van der Waals surface area contributed by atoms with Crippen LogP contribution in [0, 0.1) is 6.92 Å². The molecule has 1 N–H and O–H groups in total. The van der Waals surface area contributed by atoms with Crippen molar-refractivity contribution in [3.8, 4) is 0 Å². The molecule has 0 aliphatic heterocycles. The van der Waals surface area contributed by atoms with E-state index in [0.29, 0.717) is 35.3 Å². The molecule has 33 heavy (non-hydrogen) atoms. The number of benzene rings is 2. The van der Waals surface area contributed by atoms with E-state index < -0.39 is 15.8 Å². The molecule has 0 spiro atoms. The standard InChI is InChI=1S/C23H24N4O5S/c1-3-15-7-4-6-14(2)21(15)26-33(29,30)17-10-11-18-19(12-17)31-23(28)27(18)13-20-24-22(32-25-20)16-8-5-9-16/h4,6-7,10-12,16,26H,3,5,8-9,13H2,1-2H3. The van der Waals surface area contributed by atoms with Crippen LogP contribution in [0.4, 0.5) is 5.69 Å². The van der Waals surface area contributed by atoms with Crippen LogP contribution in [0.25, 0.3) is 11.1 Å². The maximum Gasteiger partial charge on any atom is 0.420 e. The Morgan fingerprint density at radius 1 is 1.21 bits per heavy atom. The van der Waals surface area contributed by atoms with Crippen molar-refractivity contribution in [3.63, 3.8) is 0 Å². The fraction of sp³-hybridized carbons (Fsp3) is 0.348. The van der Waals surface area contributed by atoms with Gasteiger partial charge in [-0.15, -0.1) is 0 Å². The molecule has 1 aliphatic rings. The van der Waals surface area contributed by atoms with Gasteiger partial charge in [0.2, 0.25) is 5.89 Å². The second kappa shape index (κ2) is 8.18. The molecule has 2 aromatic heterocycles. The highest BCUT2D eigenvalue weighted by Crippen LogP contribution is 2.35. The molecule has 172 valence electrons. The molecule has 4 aromatic rings. The van der Waals surface area contributed by atoms with Crippen LogP contribution in [0.3, 0.4) is 0 Å². The van der Waals surface area contributed by atoms with E-state index in [0.717, 1.165) is 30.4 Å². The van der Waals surface area contributed by atoms with Crippen LogP contribution in [0.5, 0.6) is 0 Å². The molecule has 2 aromatic carbocycles. The molecule has 0 atom stereocenters. The molecule has 9 nitrogen and oxygen atoms in total. The van der Waals surface area contributed by atoms with Crippen molar-refractivity contribution in [1.82, 2.24) is 14.7 Å². The molecular formula is C23H24N4O5S. The lowest BCUT2D eigenvalue weighted by atomic mass is 9.85. The van der Waals surface area contributed by atoms with Gasteiger partial charge in [-0.2, -0.15) is 4.98 Å². The van der Waals surface area contributed by atoms with Gasteiger partial charge in [0.05, 0.1) is 22.6 Å². The van der Waals surface area contributed by atoms with Crippen molar-refractivity contribution in [1.29, 1.82) is 0 Å². The predicted octanol–water partition coefficient (Wildman–Crippen LogP) is 3.96. The number of nitrogens with one attached hydrogen (secondary N) is 1. The number of sulfonamides is 1. The van der Waals surface area contributed by atoms with Gasteiger partial charge in [-0.3, -0.25) is 9.29 Å². The van der Waals surface area contributed by atoms with E-state index in [1.165, 1.54) is 16.7 Å². The fourth-order valence-corrected chi connectivity index (χ4v) is 5.21. The number of oxazole rings is 1. The SMILES string of the molecule is CCc1cccc(C)c1NS(=O)(=O)c1ccc2c(c1)oc(=O)n2Cc1noc(C2CCC2)n1. The maximum absolute atomic E-state index is 13.1. The van der Waals surface area contributed by atoms with E-state index in [4.69, 9.17) is 8.94 Å². The van der Waals surface area contributed by atoms with Gasteiger partial charge < -0.3 is 8.94 Å². The molecule has 1 fully saturated rings. The summed E-state index contributed by atoms with van der Waals surface area (Å²) in [5.74, 6) is 0.659. The Balaban J connectivity index is 1.45. The molecule has 2 heterocycles. The monoisotopic (exact) mass is 468 g/mol. The number of anilines is 1. The third-order valence-corrected chi connectivity index (χ3v) is 7.51. The van der Waals surface area contributed by atoms with Crippen LogP contribution in [0.15, 0.2) is 55.0 Å². The minimum Gasteiger partial charge on any atom is -0.408 e. The molecular weight excluding hydrogens is 444 g/mol. The smallest absolute Gasteiger partial charge is 0.408 e. The highest BCUT2D eigenvalue weighted by molar-refractivity contribution is 7.92. The Hall–Kier alpha value is -3.40. The van der Waals surface area contributed by atoms with Crippen LogP contribution < -0.4 is 10.5 Å². The number of aryl methyl sites for hydroxylation is 2. The van der Waals surface area contributed by atoms with Crippen LogP contribution >= 0.6 is 0 Å². The molecule has 1 aliphatic carbocycles. The number of fused-ring (bicyclic) bond motifs is 1.